The number of aryl methyl sites for hydroxylation is 1. The van der Waals surface area contributed by atoms with Crippen molar-refractivity contribution in [1.82, 2.24) is 9.97 Å². The van der Waals surface area contributed by atoms with Gasteiger partial charge in [0.1, 0.15) is 11.6 Å². The van der Waals surface area contributed by atoms with Crippen molar-refractivity contribution < 1.29 is 4.74 Å². The minimum atomic E-state index is 0.759. The van der Waals surface area contributed by atoms with Crippen LogP contribution in [0.3, 0.4) is 0 Å². The van der Waals surface area contributed by atoms with Gasteiger partial charge < -0.3 is 15.0 Å². The minimum Gasteiger partial charge on any atom is -0.497 e. The molecule has 3 rings (SSSR count). The van der Waals surface area contributed by atoms with Crippen LogP contribution in [0.5, 0.6) is 5.75 Å². The number of nitrogens with zero attached hydrogens (tertiary/aromatic N) is 3. The normalized spacial score (nSPS) is 10.5. The van der Waals surface area contributed by atoms with Gasteiger partial charge in [-0.15, -0.1) is 0 Å². The topological polar surface area (TPSA) is 50.3 Å². The van der Waals surface area contributed by atoms with Gasteiger partial charge in [-0.25, -0.2) is 4.98 Å². The van der Waals surface area contributed by atoms with Crippen LogP contribution >= 0.6 is 0 Å². The molecule has 0 saturated carbocycles. The van der Waals surface area contributed by atoms with Gasteiger partial charge in [0, 0.05) is 31.4 Å². The van der Waals surface area contributed by atoms with Crippen LogP contribution in [0.25, 0.3) is 0 Å². The number of hydrogen-bond acceptors (Lipinski definition) is 5. The highest BCUT2D eigenvalue weighted by Crippen LogP contribution is 2.17. The Morgan fingerprint density at radius 2 is 1.75 bits per heavy atom. The van der Waals surface area contributed by atoms with Crippen molar-refractivity contribution in [3.05, 3.63) is 77.5 Å². The summed E-state index contributed by atoms with van der Waals surface area (Å²) in [6, 6.07) is 20.6. The van der Waals surface area contributed by atoms with Gasteiger partial charge in [0.15, 0.2) is 0 Å². The fourth-order valence-electron chi connectivity index (χ4n) is 3.08. The lowest BCUT2D eigenvalue weighted by atomic mass is 10.1. The Kier molecular flexibility index (Phi) is 6.84. The summed E-state index contributed by atoms with van der Waals surface area (Å²) in [5.41, 5.74) is 3.44. The van der Waals surface area contributed by atoms with Crippen molar-refractivity contribution >= 4 is 11.8 Å². The molecular weight excluding hydrogens is 348 g/mol. The number of benzene rings is 2. The zero-order valence-electron chi connectivity index (χ0n) is 16.9. The molecule has 1 aromatic heterocycles. The molecule has 1 heterocycles. The van der Waals surface area contributed by atoms with Crippen molar-refractivity contribution in [1.29, 1.82) is 0 Å². The first kappa shape index (κ1) is 19.7. The van der Waals surface area contributed by atoms with Gasteiger partial charge in [0.25, 0.3) is 0 Å². The predicted molar refractivity (Wildman–Crippen MR) is 115 cm³/mol. The maximum Gasteiger partial charge on any atom is 0.227 e. The Labute approximate surface area is 167 Å². The van der Waals surface area contributed by atoms with Gasteiger partial charge in [-0.05, 0) is 43.5 Å². The molecule has 1 N–H and O–H groups in total. The van der Waals surface area contributed by atoms with E-state index < -0.39 is 0 Å². The Morgan fingerprint density at radius 1 is 0.964 bits per heavy atom. The number of ether oxygens (including phenoxy) is 1. The maximum absolute atomic E-state index is 5.29. The lowest BCUT2D eigenvalue weighted by Crippen LogP contribution is -2.25. The zero-order valence-corrected chi connectivity index (χ0v) is 16.9. The molecule has 2 aromatic carbocycles. The highest BCUT2D eigenvalue weighted by Gasteiger charge is 2.10. The second-order valence-electron chi connectivity index (χ2n) is 6.72. The Bertz CT molecular complexity index is 883. The van der Waals surface area contributed by atoms with Crippen molar-refractivity contribution in [3.8, 4) is 5.75 Å². The smallest absolute Gasteiger partial charge is 0.227 e. The maximum atomic E-state index is 5.29. The molecule has 0 saturated heterocycles. The van der Waals surface area contributed by atoms with Gasteiger partial charge >= 0.3 is 0 Å². The fraction of sp³-hybridized carbons (Fsp3) is 0.304. The molecule has 5 nitrogen and oxygen atoms in total. The third-order valence-electron chi connectivity index (χ3n) is 4.58. The molecule has 0 amide bonds. The van der Waals surface area contributed by atoms with Crippen LogP contribution in [0.1, 0.15) is 23.7 Å². The average molecular weight is 377 g/mol. The average Bonchev–Trinajstić information content (AvgIpc) is 2.72. The van der Waals surface area contributed by atoms with Gasteiger partial charge in [0.05, 0.1) is 7.11 Å². The molecule has 0 aliphatic rings. The summed E-state index contributed by atoms with van der Waals surface area (Å²) in [6.07, 6.45) is 0.900. The molecule has 5 heteroatoms. The van der Waals surface area contributed by atoms with Crippen molar-refractivity contribution in [2.45, 2.75) is 26.8 Å². The van der Waals surface area contributed by atoms with Crippen LogP contribution in [-0.4, -0.2) is 30.2 Å². The molecule has 0 bridgehead atoms. The molecule has 0 unspecified atom stereocenters. The van der Waals surface area contributed by atoms with E-state index >= 15 is 0 Å². The van der Waals surface area contributed by atoms with Crippen LogP contribution < -0.4 is 15.0 Å². The standard InChI is InChI=1S/C23H28N4O/c1-4-27(17-20-9-6-5-7-10-20)23-25-18(2)15-22(26-23)24-14-13-19-11-8-12-21(16-19)28-3/h5-12,15-16H,4,13-14,17H2,1-3H3,(H,24,25,26). The zero-order chi connectivity index (χ0) is 19.8. The SMILES string of the molecule is CCN(Cc1ccccc1)c1nc(C)cc(NCCc2cccc(OC)c2)n1. The summed E-state index contributed by atoms with van der Waals surface area (Å²) in [6.45, 7) is 6.58. The molecule has 0 radical (unpaired) electrons. The van der Waals surface area contributed by atoms with E-state index in [4.69, 9.17) is 9.72 Å². The van der Waals surface area contributed by atoms with E-state index in [0.717, 1.165) is 49.3 Å². The van der Waals surface area contributed by atoms with Gasteiger partial charge in [-0.3, -0.25) is 0 Å². The van der Waals surface area contributed by atoms with Crippen LogP contribution in [-0.2, 0) is 13.0 Å². The van der Waals surface area contributed by atoms with E-state index in [1.54, 1.807) is 7.11 Å². The summed E-state index contributed by atoms with van der Waals surface area (Å²) in [5, 5.41) is 3.44. The second-order valence-corrected chi connectivity index (χ2v) is 6.72. The predicted octanol–water partition coefficient (Wildman–Crippen LogP) is 4.47. The lowest BCUT2D eigenvalue weighted by Gasteiger charge is -2.22. The molecule has 28 heavy (non-hydrogen) atoms. The third-order valence-corrected chi connectivity index (χ3v) is 4.58. The van der Waals surface area contributed by atoms with E-state index in [9.17, 15) is 0 Å². The number of methoxy groups -OCH3 is 1. The fourth-order valence-corrected chi connectivity index (χ4v) is 3.08. The number of nitrogens with one attached hydrogen (secondary N) is 1. The summed E-state index contributed by atoms with van der Waals surface area (Å²) in [5.74, 6) is 2.50. The van der Waals surface area contributed by atoms with Gasteiger partial charge in [-0.1, -0.05) is 42.5 Å². The van der Waals surface area contributed by atoms with Gasteiger partial charge in [-0.2, -0.15) is 4.98 Å². The Balaban J connectivity index is 1.66. The molecule has 0 fully saturated rings. The number of anilines is 2. The van der Waals surface area contributed by atoms with E-state index in [1.165, 1.54) is 11.1 Å². The van der Waals surface area contributed by atoms with Crippen LogP contribution in [0.2, 0.25) is 0 Å². The third kappa shape index (κ3) is 5.46. The summed E-state index contributed by atoms with van der Waals surface area (Å²) < 4.78 is 5.29. The highest BCUT2D eigenvalue weighted by molar-refractivity contribution is 5.44. The molecule has 0 aliphatic heterocycles. The number of aromatic nitrogens is 2. The summed E-state index contributed by atoms with van der Waals surface area (Å²) in [4.78, 5) is 11.6. The minimum absolute atomic E-state index is 0.759. The first-order valence-corrected chi connectivity index (χ1v) is 9.69. The van der Waals surface area contributed by atoms with Crippen LogP contribution in [0.4, 0.5) is 11.8 Å². The quantitative estimate of drug-likeness (QED) is 0.597. The molecular formula is C23H28N4O. The van der Waals surface area contributed by atoms with Crippen molar-refractivity contribution in [2.24, 2.45) is 0 Å². The second kappa shape index (κ2) is 9.74. The lowest BCUT2D eigenvalue weighted by molar-refractivity contribution is 0.414. The van der Waals surface area contributed by atoms with E-state index in [2.05, 4.69) is 58.5 Å². The first-order chi connectivity index (χ1) is 13.7. The molecule has 0 spiro atoms. The molecule has 3 aromatic rings. The largest absolute Gasteiger partial charge is 0.497 e. The number of rotatable bonds is 9. The van der Waals surface area contributed by atoms with E-state index in [-0.39, 0.29) is 0 Å². The molecule has 0 atom stereocenters. The Hall–Kier alpha value is -3.08. The highest BCUT2D eigenvalue weighted by atomic mass is 16.5. The van der Waals surface area contributed by atoms with Crippen molar-refractivity contribution in [3.63, 3.8) is 0 Å². The summed E-state index contributed by atoms with van der Waals surface area (Å²) >= 11 is 0. The molecule has 146 valence electrons. The Morgan fingerprint density at radius 3 is 2.50 bits per heavy atom. The first-order valence-electron chi connectivity index (χ1n) is 9.69. The van der Waals surface area contributed by atoms with Crippen LogP contribution in [0, 0.1) is 6.92 Å². The van der Waals surface area contributed by atoms with Crippen LogP contribution in [0.15, 0.2) is 60.7 Å². The monoisotopic (exact) mass is 376 g/mol. The number of hydrogen-bond donors (Lipinski definition) is 1. The van der Waals surface area contributed by atoms with Crippen molar-refractivity contribution in [2.75, 3.05) is 30.4 Å². The molecule has 0 aliphatic carbocycles. The summed E-state index contributed by atoms with van der Waals surface area (Å²) in [7, 11) is 1.69. The van der Waals surface area contributed by atoms with Gasteiger partial charge in [0.2, 0.25) is 5.95 Å². The van der Waals surface area contributed by atoms with E-state index in [0.29, 0.717) is 0 Å². The van der Waals surface area contributed by atoms with E-state index in [1.807, 2.05) is 31.2 Å².